The Bertz CT molecular complexity index is 571. The summed E-state index contributed by atoms with van der Waals surface area (Å²) in [6, 6.07) is 5.95. The maximum Gasteiger partial charge on any atom is 0.132 e. The number of aromatic nitrogens is 1. The predicted octanol–water partition coefficient (Wildman–Crippen LogP) is 3.59. The molecule has 0 aliphatic carbocycles. The molecule has 0 fully saturated rings. The van der Waals surface area contributed by atoms with E-state index >= 15 is 0 Å². The zero-order valence-electron chi connectivity index (χ0n) is 9.20. The number of anilines is 1. The molecule has 0 radical (unpaired) electrons. The topological polar surface area (TPSA) is 48.7 Å². The van der Waals surface area contributed by atoms with Gasteiger partial charge in [-0.05, 0) is 24.6 Å². The van der Waals surface area contributed by atoms with Gasteiger partial charge in [-0.25, -0.2) is 4.98 Å². The Morgan fingerprint density at radius 1 is 1.53 bits per heavy atom. The van der Waals surface area contributed by atoms with E-state index in [0.29, 0.717) is 17.3 Å². The lowest BCUT2D eigenvalue weighted by Gasteiger charge is -2.05. The van der Waals surface area contributed by atoms with Gasteiger partial charge in [0.25, 0.3) is 0 Å². The van der Waals surface area contributed by atoms with Gasteiger partial charge in [-0.2, -0.15) is 5.26 Å². The van der Waals surface area contributed by atoms with E-state index < -0.39 is 0 Å². The van der Waals surface area contributed by atoms with Crippen molar-refractivity contribution in [3.63, 3.8) is 0 Å². The van der Waals surface area contributed by atoms with Gasteiger partial charge in [0.15, 0.2) is 0 Å². The van der Waals surface area contributed by atoms with Crippen LogP contribution in [0.3, 0.4) is 0 Å². The molecule has 0 aliphatic rings. The molecule has 2 heterocycles. The molecule has 5 heteroatoms. The number of thiophene rings is 1. The summed E-state index contributed by atoms with van der Waals surface area (Å²) in [5, 5.41) is 14.3. The number of nitriles is 1. The highest BCUT2D eigenvalue weighted by Gasteiger charge is 2.01. The standard InChI is InChI=1S/C12H10ClN3S/c1-8-2-10(5-16-12(8)13)15-6-11-3-9(4-14)7-17-11/h2-3,5,7,15H,6H2,1H3. The average Bonchev–Trinajstić information content (AvgIpc) is 2.79. The van der Waals surface area contributed by atoms with Crippen LogP contribution in [0.5, 0.6) is 0 Å². The largest absolute Gasteiger partial charge is 0.379 e. The van der Waals surface area contributed by atoms with Gasteiger partial charge in [0.05, 0.1) is 17.4 Å². The maximum absolute atomic E-state index is 8.71. The fraction of sp³-hybridized carbons (Fsp3) is 0.167. The number of rotatable bonds is 3. The molecule has 0 saturated carbocycles. The molecule has 2 aromatic heterocycles. The van der Waals surface area contributed by atoms with Gasteiger partial charge in [0, 0.05) is 16.8 Å². The average molecular weight is 264 g/mol. The van der Waals surface area contributed by atoms with Crippen LogP contribution in [0.4, 0.5) is 5.69 Å². The second-order valence-corrected chi connectivity index (χ2v) is 4.95. The van der Waals surface area contributed by atoms with E-state index in [4.69, 9.17) is 16.9 Å². The third-order valence-corrected chi connectivity index (χ3v) is 3.60. The molecule has 0 bridgehead atoms. The second-order valence-electron chi connectivity index (χ2n) is 3.60. The summed E-state index contributed by atoms with van der Waals surface area (Å²) < 4.78 is 0. The van der Waals surface area contributed by atoms with Gasteiger partial charge in [-0.3, -0.25) is 0 Å². The highest BCUT2D eigenvalue weighted by Crippen LogP contribution is 2.19. The number of nitrogens with one attached hydrogen (secondary N) is 1. The van der Waals surface area contributed by atoms with Gasteiger partial charge in [-0.1, -0.05) is 11.6 Å². The highest BCUT2D eigenvalue weighted by molar-refractivity contribution is 7.10. The summed E-state index contributed by atoms with van der Waals surface area (Å²) in [4.78, 5) is 5.19. The molecule has 2 rings (SSSR count). The van der Waals surface area contributed by atoms with E-state index in [1.165, 1.54) is 0 Å². The normalized spacial score (nSPS) is 9.94. The molecule has 17 heavy (non-hydrogen) atoms. The summed E-state index contributed by atoms with van der Waals surface area (Å²) in [5.41, 5.74) is 2.58. The summed E-state index contributed by atoms with van der Waals surface area (Å²) in [5.74, 6) is 0. The smallest absolute Gasteiger partial charge is 0.132 e. The van der Waals surface area contributed by atoms with E-state index in [-0.39, 0.29) is 0 Å². The number of hydrogen-bond donors (Lipinski definition) is 1. The van der Waals surface area contributed by atoms with Crippen LogP contribution in [-0.2, 0) is 6.54 Å². The van der Waals surface area contributed by atoms with Crippen molar-refractivity contribution in [3.05, 3.63) is 44.9 Å². The molecule has 2 aromatic rings. The van der Waals surface area contributed by atoms with Gasteiger partial charge in [0.2, 0.25) is 0 Å². The van der Waals surface area contributed by atoms with Crippen LogP contribution < -0.4 is 5.32 Å². The molecule has 0 spiro atoms. The molecule has 3 nitrogen and oxygen atoms in total. The van der Waals surface area contributed by atoms with Gasteiger partial charge >= 0.3 is 0 Å². The Kier molecular flexibility index (Phi) is 3.62. The SMILES string of the molecule is Cc1cc(NCc2cc(C#N)cs2)cnc1Cl. The van der Waals surface area contributed by atoms with E-state index in [1.54, 1.807) is 17.5 Å². The molecule has 0 unspecified atom stereocenters. The minimum absolute atomic E-state index is 0.526. The zero-order chi connectivity index (χ0) is 12.3. The summed E-state index contributed by atoms with van der Waals surface area (Å²) >= 11 is 7.42. The van der Waals surface area contributed by atoms with Crippen molar-refractivity contribution >= 4 is 28.6 Å². The van der Waals surface area contributed by atoms with Crippen molar-refractivity contribution in [1.29, 1.82) is 5.26 Å². The van der Waals surface area contributed by atoms with Gasteiger partial charge in [0.1, 0.15) is 11.2 Å². The molecule has 0 atom stereocenters. The Morgan fingerprint density at radius 2 is 2.35 bits per heavy atom. The first-order valence-corrected chi connectivity index (χ1v) is 6.28. The van der Waals surface area contributed by atoms with Crippen LogP contribution in [-0.4, -0.2) is 4.98 Å². The highest BCUT2D eigenvalue weighted by atomic mass is 35.5. The first kappa shape index (κ1) is 11.9. The number of hydrogen-bond acceptors (Lipinski definition) is 4. The van der Waals surface area contributed by atoms with Crippen molar-refractivity contribution in [2.24, 2.45) is 0 Å². The molecule has 0 aliphatic heterocycles. The molecule has 0 aromatic carbocycles. The molecular formula is C12H10ClN3S. The van der Waals surface area contributed by atoms with Crippen LogP contribution >= 0.6 is 22.9 Å². The third-order valence-electron chi connectivity index (χ3n) is 2.26. The van der Waals surface area contributed by atoms with E-state index in [2.05, 4.69) is 16.4 Å². The molecule has 0 amide bonds. The number of aryl methyl sites for hydroxylation is 1. The predicted molar refractivity (Wildman–Crippen MR) is 70.3 cm³/mol. The van der Waals surface area contributed by atoms with E-state index in [1.807, 2.05) is 24.4 Å². The van der Waals surface area contributed by atoms with Crippen molar-refractivity contribution < 1.29 is 0 Å². The molecule has 86 valence electrons. The Hall–Kier alpha value is -1.57. The van der Waals surface area contributed by atoms with Crippen LogP contribution in [0.15, 0.2) is 23.7 Å². The Morgan fingerprint density at radius 3 is 3.00 bits per heavy atom. The van der Waals surface area contributed by atoms with Gasteiger partial charge in [-0.15, -0.1) is 11.3 Å². The third kappa shape index (κ3) is 2.96. The lowest BCUT2D eigenvalue weighted by Crippen LogP contribution is -1.98. The quantitative estimate of drug-likeness (QED) is 0.861. The zero-order valence-corrected chi connectivity index (χ0v) is 10.8. The fourth-order valence-electron chi connectivity index (χ4n) is 1.38. The van der Waals surface area contributed by atoms with E-state index in [9.17, 15) is 0 Å². The van der Waals surface area contributed by atoms with Gasteiger partial charge < -0.3 is 5.32 Å². The monoisotopic (exact) mass is 263 g/mol. The number of halogens is 1. The fourth-order valence-corrected chi connectivity index (χ4v) is 2.23. The lowest BCUT2D eigenvalue weighted by molar-refractivity contribution is 1.16. The number of pyridine rings is 1. The number of nitrogens with zero attached hydrogens (tertiary/aromatic N) is 2. The van der Waals surface area contributed by atoms with Crippen LogP contribution in [0.25, 0.3) is 0 Å². The maximum atomic E-state index is 8.71. The molecule has 1 N–H and O–H groups in total. The summed E-state index contributed by atoms with van der Waals surface area (Å²) in [6.45, 7) is 2.61. The minimum atomic E-state index is 0.526. The Balaban J connectivity index is 2.02. The van der Waals surface area contributed by atoms with E-state index in [0.717, 1.165) is 16.1 Å². The van der Waals surface area contributed by atoms with Crippen LogP contribution in [0.1, 0.15) is 16.0 Å². The van der Waals surface area contributed by atoms with Crippen molar-refractivity contribution in [2.45, 2.75) is 13.5 Å². The summed E-state index contributed by atoms with van der Waals surface area (Å²) in [7, 11) is 0. The van der Waals surface area contributed by atoms with Crippen LogP contribution in [0, 0.1) is 18.3 Å². The Labute approximate surface area is 109 Å². The van der Waals surface area contributed by atoms with Crippen LogP contribution in [0.2, 0.25) is 5.15 Å². The molecular weight excluding hydrogens is 254 g/mol. The first-order chi connectivity index (χ1) is 8.19. The second kappa shape index (κ2) is 5.17. The van der Waals surface area contributed by atoms with Crippen molar-refractivity contribution in [2.75, 3.05) is 5.32 Å². The summed E-state index contributed by atoms with van der Waals surface area (Å²) in [6.07, 6.45) is 1.70. The lowest BCUT2D eigenvalue weighted by atomic mass is 10.3. The van der Waals surface area contributed by atoms with Crippen molar-refractivity contribution in [3.8, 4) is 6.07 Å². The minimum Gasteiger partial charge on any atom is -0.379 e. The first-order valence-electron chi connectivity index (χ1n) is 5.02. The molecule has 0 saturated heterocycles. The van der Waals surface area contributed by atoms with Crippen molar-refractivity contribution in [1.82, 2.24) is 4.98 Å².